The van der Waals surface area contributed by atoms with Gasteiger partial charge in [-0.1, -0.05) is 19.1 Å². The second-order valence-electron chi connectivity index (χ2n) is 5.10. The molecule has 2 bridgehead atoms. The Hall–Kier alpha value is -1.36. The maximum absolute atomic E-state index is 13.9. The average Bonchev–Trinajstić information content (AvgIpc) is 2.59. The van der Waals surface area contributed by atoms with Gasteiger partial charge in [-0.05, 0) is 6.42 Å². The van der Waals surface area contributed by atoms with Gasteiger partial charge in [0.2, 0.25) is 0 Å². The molecule has 0 aromatic heterocycles. The molecule has 1 aromatic carbocycles. The molecule has 0 amide bonds. The summed E-state index contributed by atoms with van der Waals surface area (Å²) in [6, 6.07) is 0. The quantitative estimate of drug-likeness (QED) is 0.328. The first-order chi connectivity index (χ1) is 8.38. The lowest BCUT2D eigenvalue weighted by Gasteiger charge is -2.32. The van der Waals surface area contributed by atoms with Crippen LogP contribution in [0, 0.1) is 23.3 Å². The van der Waals surface area contributed by atoms with Crippen molar-refractivity contribution in [2.45, 2.75) is 30.8 Å². The standard InChI is InChI=1S/C13H10F4O/c1-13-4-5(2-3-6(13)18)7-8(13)10(15)12(17)11(16)9(7)14/h2-3,5-6,18H,4H2,1H3/t5-,6-,13-/m1/s1. The maximum Gasteiger partial charge on any atom is 0.197 e. The fraction of sp³-hybridized carbons (Fsp3) is 0.385. The number of rotatable bonds is 0. The summed E-state index contributed by atoms with van der Waals surface area (Å²) in [6.07, 6.45) is 2.14. The number of aliphatic hydroxyl groups is 1. The van der Waals surface area contributed by atoms with Crippen molar-refractivity contribution >= 4 is 0 Å². The predicted molar refractivity (Wildman–Crippen MR) is 56.1 cm³/mol. The Morgan fingerprint density at radius 3 is 2.33 bits per heavy atom. The number of hydrogen-bond donors (Lipinski definition) is 1. The van der Waals surface area contributed by atoms with Crippen LogP contribution in [0.1, 0.15) is 30.4 Å². The Labute approximate surface area is 101 Å². The summed E-state index contributed by atoms with van der Waals surface area (Å²) >= 11 is 0. The van der Waals surface area contributed by atoms with Gasteiger partial charge in [0.25, 0.3) is 0 Å². The lowest BCUT2D eigenvalue weighted by molar-refractivity contribution is 0.123. The van der Waals surface area contributed by atoms with E-state index in [0.717, 1.165) is 0 Å². The van der Waals surface area contributed by atoms with E-state index in [9.17, 15) is 22.7 Å². The summed E-state index contributed by atoms with van der Waals surface area (Å²) in [4.78, 5) is 0. The van der Waals surface area contributed by atoms with Crippen molar-refractivity contribution in [3.05, 3.63) is 46.5 Å². The second kappa shape index (κ2) is 3.35. The SMILES string of the molecule is C[C@@]12C[C@@H](C=C[C@H]1O)c1c(F)c(F)c(F)c(F)c12. The summed E-state index contributed by atoms with van der Waals surface area (Å²) in [5.74, 6) is -6.86. The normalized spacial score (nSPS) is 32.8. The average molecular weight is 258 g/mol. The van der Waals surface area contributed by atoms with Crippen LogP contribution in [0.2, 0.25) is 0 Å². The van der Waals surface area contributed by atoms with Crippen LogP contribution in [-0.4, -0.2) is 11.2 Å². The molecule has 2 aliphatic rings. The Bertz CT molecular complexity index is 581. The third kappa shape index (κ3) is 1.15. The van der Waals surface area contributed by atoms with Crippen LogP contribution in [0.3, 0.4) is 0 Å². The van der Waals surface area contributed by atoms with E-state index in [2.05, 4.69) is 0 Å². The lowest BCUT2D eigenvalue weighted by Crippen LogP contribution is -2.35. The minimum absolute atomic E-state index is 0.165. The maximum atomic E-state index is 13.9. The molecule has 0 heterocycles. The van der Waals surface area contributed by atoms with Crippen LogP contribution in [0.4, 0.5) is 17.6 Å². The number of fused-ring (bicyclic) bond motifs is 5. The van der Waals surface area contributed by atoms with Crippen LogP contribution in [0.15, 0.2) is 12.2 Å². The van der Waals surface area contributed by atoms with Gasteiger partial charge in [-0.2, -0.15) is 0 Å². The highest BCUT2D eigenvalue weighted by molar-refractivity contribution is 5.50. The first kappa shape index (κ1) is 11.7. The zero-order valence-electron chi connectivity index (χ0n) is 9.48. The van der Waals surface area contributed by atoms with E-state index in [-0.39, 0.29) is 17.5 Å². The first-order valence-electron chi connectivity index (χ1n) is 5.60. The highest BCUT2D eigenvalue weighted by Gasteiger charge is 2.51. The van der Waals surface area contributed by atoms with Crippen LogP contribution in [0.5, 0.6) is 0 Å². The number of allylic oxidation sites excluding steroid dienone is 1. The number of hydrogen-bond acceptors (Lipinski definition) is 1. The third-order valence-corrected chi connectivity index (χ3v) is 4.07. The molecule has 1 aromatic rings. The van der Waals surface area contributed by atoms with E-state index >= 15 is 0 Å². The summed E-state index contributed by atoms with van der Waals surface area (Å²) in [5.41, 5.74) is -1.50. The minimum Gasteiger partial charge on any atom is -0.388 e. The van der Waals surface area contributed by atoms with E-state index in [1.807, 2.05) is 0 Å². The topological polar surface area (TPSA) is 20.2 Å². The molecule has 1 N–H and O–H groups in total. The fourth-order valence-electron chi connectivity index (χ4n) is 3.10. The molecule has 1 nitrogen and oxygen atoms in total. The number of aliphatic hydroxyl groups excluding tert-OH is 1. The molecule has 0 unspecified atom stereocenters. The van der Waals surface area contributed by atoms with E-state index in [1.165, 1.54) is 19.1 Å². The Balaban J connectivity index is 2.41. The molecule has 96 valence electrons. The molecule has 3 atom stereocenters. The van der Waals surface area contributed by atoms with Crippen molar-refractivity contribution in [2.24, 2.45) is 0 Å². The molecule has 0 saturated carbocycles. The molecule has 18 heavy (non-hydrogen) atoms. The van der Waals surface area contributed by atoms with Crippen molar-refractivity contribution in [2.75, 3.05) is 0 Å². The van der Waals surface area contributed by atoms with Gasteiger partial charge in [-0.25, -0.2) is 17.6 Å². The molecule has 0 radical (unpaired) electrons. The molecular weight excluding hydrogens is 248 g/mol. The van der Waals surface area contributed by atoms with E-state index < -0.39 is 40.7 Å². The zero-order chi connectivity index (χ0) is 13.2. The molecule has 5 heteroatoms. The molecule has 0 spiro atoms. The summed E-state index contributed by atoms with van der Waals surface area (Å²) in [5, 5.41) is 9.89. The largest absolute Gasteiger partial charge is 0.388 e. The molecule has 0 fully saturated rings. The highest BCUT2D eigenvalue weighted by Crippen LogP contribution is 2.54. The fourth-order valence-corrected chi connectivity index (χ4v) is 3.10. The smallest absolute Gasteiger partial charge is 0.197 e. The van der Waals surface area contributed by atoms with Crippen molar-refractivity contribution < 1.29 is 22.7 Å². The molecular formula is C13H10F4O. The lowest BCUT2D eigenvalue weighted by atomic mass is 9.75. The molecule has 2 aliphatic carbocycles. The summed E-state index contributed by atoms with van der Waals surface area (Å²) in [7, 11) is 0. The van der Waals surface area contributed by atoms with Gasteiger partial charge < -0.3 is 5.11 Å². The zero-order valence-corrected chi connectivity index (χ0v) is 9.48. The van der Waals surface area contributed by atoms with E-state index in [1.54, 1.807) is 0 Å². The van der Waals surface area contributed by atoms with Crippen molar-refractivity contribution in [1.82, 2.24) is 0 Å². The highest BCUT2D eigenvalue weighted by atomic mass is 19.2. The van der Waals surface area contributed by atoms with Crippen LogP contribution in [0.25, 0.3) is 0 Å². The monoisotopic (exact) mass is 258 g/mol. The predicted octanol–water partition coefficient (Wildman–Crippen LogP) is 2.92. The van der Waals surface area contributed by atoms with Crippen LogP contribution >= 0.6 is 0 Å². The van der Waals surface area contributed by atoms with Crippen LogP contribution < -0.4 is 0 Å². The summed E-state index contributed by atoms with van der Waals surface area (Å²) < 4.78 is 54.2. The van der Waals surface area contributed by atoms with Crippen molar-refractivity contribution in [3.63, 3.8) is 0 Å². The van der Waals surface area contributed by atoms with Gasteiger partial charge in [0.05, 0.1) is 6.10 Å². The van der Waals surface area contributed by atoms with E-state index in [4.69, 9.17) is 0 Å². The van der Waals surface area contributed by atoms with Gasteiger partial charge in [-0.3, -0.25) is 0 Å². The van der Waals surface area contributed by atoms with Gasteiger partial charge in [0, 0.05) is 22.5 Å². The van der Waals surface area contributed by atoms with Gasteiger partial charge in [0.15, 0.2) is 23.3 Å². The van der Waals surface area contributed by atoms with Gasteiger partial charge >= 0.3 is 0 Å². The summed E-state index contributed by atoms with van der Waals surface area (Å²) in [6.45, 7) is 1.53. The molecule has 0 aliphatic heterocycles. The first-order valence-corrected chi connectivity index (χ1v) is 5.60. The Morgan fingerprint density at radius 2 is 1.67 bits per heavy atom. The van der Waals surface area contributed by atoms with E-state index in [0.29, 0.717) is 0 Å². The molecule has 3 rings (SSSR count). The number of halogens is 4. The molecule has 0 saturated heterocycles. The minimum atomic E-state index is -1.81. The van der Waals surface area contributed by atoms with Gasteiger partial charge in [-0.15, -0.1) is 0 Å². The van der Waals surface area contributed by atoms with Gasteiger partial charge in [0.1, 0.15) is 0 Å². The third-order valence-electron chi connectivity index (χ3n) is 4.07. The van der Waals surface area contributed by atoms with Crippen molar-refractivity contribution in [3.8, 4) is 0 Å². The number of benzene rings is 1. The van der Waals surface area contributed by atoms with Crippen LogP contribution in [-0.2, 0) is 5.41 Å². The Kier molecular flexibility index (Phi) is 2.18. The Morgan fingerprint density at radius 1 is 1.06 bits per heavy atom. The van der Waals surface area contributed by atoms with Crippen molar-refractivity contribution in [1.29, 1.82) is 0 Å². The second-order valence-corrected chi connectivity index (χ2v) is 5.10.